The third kappa shape index (κ3) is 2.15. The lowest BCUT2D eigenvalue weighted by atomic mass is 10.1. The van der Waals surface area contributed by atoms with Crippen molar-refractivity contribution < 1.29 is 14.0 Å². The number of hydrogen-bond acceptors (Lipinski definition) is 3. The summed E-state index contributed by atoms with van der Waals surface area (Å²) in [5, 5.41) is 0.166. The molecule has 0 fully saturated rings. The summed E-state index contributed by atoms with van der Waals surface area (Å²) >= 11 is 5.93. The lowest BCUT2D eigenvalue weighted by molar-refractivity contribution is 0.0643. The van der Waals surface area contributed by atoms with Gasteiger partial charge in [-0.05, 0) is 29.8 Å². The number of nitrogens with two attached hydrogens (primary N) is 1. The average Bonchev–Trinajstić information content (AvgIpc) is 2.68. The van der Waals surface area contributed by atoms with E-state index in [1.807, 2.05) is 0 Å². The van der Waals surface area contributed by atoms with Crippen LogP contribution < -0.4 is 5.73 Å². The lowest BCUT2D eigenvalue weighted by Crippen LogP contribution is -2.29. The molecule has 0 spiro atoms. The second kappa shape index (κ2) is 4.86. The van der Waals surface area contributed by atoms with Gasteiger partial charge in [-0.25, -0.2) is 4.39 Å². The fourth-order valence-corrected chi connectivity index (χ4v) is 2.55. The number of imide groups is 1. The Morgan fingerprint density at radius 3 is 2.57 bits per heavy atom. The van der Waals surface area contributed by atoms with E-state index in [1.165, 1.54) is 12.1 Å². The van der Waals surface area contributed by atoms with Gasteiger partial charge in [-0.3, -0.25) is 14.5 Å². The summed E-state index contributed by atoms with van der Waals surface area (Å²) in [7, 11) is 0. The molecule has 3 rings (SSSR count). The zero-order valence-electron chi connectivity index (χ0n) is 10.8. The van der Waals surface area contributed by atoms with Crippen LogP contribution in [0.5, 0.6) is 0 Å². The van der Waals surface area contributed by atoms with Gasteiger partial charge in [0.15, 0.2) is 0 Å². The fourth-order valence-electron chi connectivity index (χ4n) is 2.32. The molecule has 0 radical (unpaired) electrons. The Bertz CT molecular complexity index is 776. The predicted octanol–water partition coefficient (Wildman–Crippen LogP) is 2.86. The number of fused-ring (bicyclic) bond motifs is 1. The third-order valence-electron chi connectivity index (χ3n) is 3.37. The van der Waals surface area contributed by atoms with Crippen molar-refractivity contribution in [3.05, 3.63) is 63.9 Å². The lowest BCUT2D eigenvalue weighted by Gasteiger charge is -2.14. The minimum absolute atomic E-state index is 0.0229. The van der Waals surface area contributed by atoms with Crippen molar-refractivity contribution in [1.29, 1.82) is 0 Å². The zero-order valence-corrected chi connectivity index (χ0v) is 11.5. The molecule has 0 bridgehead atoms. The maximum Gasteiger partial charge on any atom is 0.263 e. The van der Waals surface area contributed by atoms with Crippen molar-refractivity contribution in [2.24, 2.45) is 0 Å². The SMILES string of the molecule is Nc1cccc2c1C(=O)N(Cc1ccc(F)cc1Cl)C2=O. The molecule has 0 unspecified atom stereocenters. The minimum Gasteiger partial charge on any atom is -0.398 e. The number of halogens is 2. The van der Waals surface area contributed by atoms with Gasteiger partial charge in [0.1, 0.15) is 5.82 Å². The molecule has 2 N–H and O–H groups in total. The molecular formula is C15H10ClFN2O2. The molecule has 2 amide bonds. The van der Waals surface area contributed by atoms with Crippen LogP contribution in [-0.4, -0.2) is 16.7 Å². The van der Waals surface area contributed by atoms with Crippen LogP contribution in [0.15, 0.2) is 36.4 Å². The van der Waals surface area contributed by atoms with Gasteiger partial charge in [0, 0.05) is 10.7 Å². The van der Waals surface area contributed by atoms with E-state index in [0.717, 1.165) is 11.0 Å². The van der Waals surface area contributed by atoms with E-state index in [2.05, 4.69) is 0 Å². The number of nitrogens with zero attached hydrogens (tertiary/aromatic N) is 1. The number of amides is 2. The van der Waals surface area contributed by atoms with Crippen LogP contribution in [0.3, 0.4) is 0 Å². The average molecular weight is 305 g/mol. The number of rotatable bonds is 2. The van der Waals surface area contributed by atoms with Crippen LogP contribution in [0.2, 0.25) is 5.02 Å². The first-order chi connectivity index (χ1) is 9.99. The van der Waals surface area contributed by atoms with Crippen LogP contribution in [0.25, 0.3) is 0 Å². The molecule has 0 aliphatic carbocycles. The standard InChI is InChI=1S/C15H10ClFN2O2/c16-11-6-9(17)5-4-8(11)7-19-14(20)10-2-1-3-12(18)13(10)15(19)21/h1-6H,7,18H2. The summed E-state index contributed by atoms with van der Waals surface area (Å²) in [4.78, 5) is 25.6. The molecule has 0 saturated heterocycles. The smallest absolute Gasteiger partial charge is 0.263 e. The second-order valence-corrected chi connectivity index (χ2v) is 5.11. The van der Waals surface area contributed by atoms with Crippen LogP contribution in [0, 0.1) is 5.82 Å². The van der Waals surface area contributed by atoms with Crippen LogP contribution in [0.1, 0.15) is 26.3 Å². The minimum atomic E-state index is -0.477. The Morgan fingerprint density at radius 2 is 1.90 bits per heavy atom. The topological polar surface area (TPSA) is 63.4 Å². The van der Waals surface area contributed by atoms with E-state index in [1.54, 1.807) is 18.2 Å². The summed E-state index contributed by atoms with van der Waals surface area (Å²) < 4.78 is 13.0. The molecule has 1 heterocycles. The molecule has 106 valence electrons. The third-order valence-corrected chi connectivity index (χ3v) is 3.73. The van der Waals surface area contributed by atoms with E-state index < -0.39 is 17.6 Å². The molecule has 0 atom stereocenters. The van der Waals surface area contributed by atoms with Crippen LogP contribution >= 0.6 is 11.6 Å². The largest absolute Gasteiger partial charge is 0.398 e. The van der Waals surface area contributed by atoms with Crippen molar-refractivity contribution in [3.8, 4) is 0 Å². The number of hydrogen-bond donors (Lipinski definition) is 1. The molecule has 2 aromatic rings. The number of anilines is 1. The summed E-state index contributed by atoms with van der Waals surface area (Å²) in [6, 6.07) is 8.56. The number of carbonyl (C=O) groups excluding carboxylic acids is 2. The molecule has 4 nitrogen and oxygen atoms in total. The molecule has 0 aromatic heterocycles. The Balaban J connectivity index is 1.97. The number of benzene rings is 2. The molecular weight excluding hydrogens is 295 g/mol. The van der Waals surface area contributed by atoms with Gasteiger partial charge in [0.25, 0.3) is 11.8 Å². The maximum absolute atomic E-state index is 13.0. The highest BCUT2D eigenvalue weighted by Crippen LogP contribution is 2.30. The molecule has 21 heavy (non-hydrogen) atoms. The number of nitrogen functional groups attached to an aromatic ring is 1. The van der Waals surface area contributed by atoms with Crippen molar-refractivity contribution >= 4 is 29.1 Å². The summed E-state index contributed by atoms with van der Waals surface area (Å²) in [5.41, 5.74) is 6.99. The second-order valence-electron chi connectivity index (χ2n) is 4.70. The number of carbonyl (C=O) groups is 2. The Morgan fingerprint density at radius 1 is 1.14 bits per heavy atom. The highest BCUT2D eigenvalue weighted by Gasteiger charge is 2.37. The van der Waals surface area contributed by atoms with Crippen LogP contribution in [0.4, 0.5) is 10.1 Å². The van der Waals surface area contributed by atoms with Gasteiger partial charge in [0.2, 0.25) is 0 Å². The van der Waals surface area contributed by atoms with E-state index >= 15 is 0 Å². The molecule has 1 aliphatic heterocycles. The Hall–Kier alpha value is -2.40. The Labute approximate surface area is 124 Å². The van der Waals surface area contributed by atoms with Crippen molar-refractivity contribution in [2.45, 2.75) is 6.54 Å². The summed E-state index contributed by atoms with van der Waals surface area (Å²) in [6.07, 6.45) is 0. The van der Waals surface area contributed by atoms with Gasteiger partial charge >= 0.3 is 0 Å². The summed E-state index contributed by atoms with van der Waals surface area (Å²) in [6.45, 7) is -0.0229. The first kappa shape index (κ1) is 13.6. The molecule has 2 aromatic carbocycles. The highest BCUT2D eigenvalue weighted by atomic mass is 35.5. The Kier molecular flexibility index (Phi) is 3.14. The fraction of sp³-hybridized carbons (Fsp3) is 0.0667. The molecule has 1 aliphatic rings. The summed E-state index contributed by atoms with van der Waals surface area (Å²) in [5.74, 6) is -1.37. The van der Waals surface area contributed by atoms with Crippen LogP contribution in [-0.2, 0) is 6.54 Å². The normalized spacial score (nSPS) is 13.7. The maximum atomic E-state index is 13.0. The van der Waals surface area contributed by atoms with Gasteiger partial charge in [-0.2, -0.15) is 0 Å². The van der Waals surface area contributed by atoms with E-state index in [-0.39, 0.29) is 28.4 Å². The quantitative estimate of drug-likeness (QED) is 0.685. The van der Waals surface area contributed by atoms with E-state index in [4.69, 9.17) is 17.3 Å². The first-order valence-electron chi connectivity index (χ1n) is 6.17. The monoisotopic (exact) mass is 304 g/mol. The van der Waals surface area contributed by atoms with Gasteiger partial charge in [-0.1, -0.05) is 23.7 Å². The highest BCUT2D eigenvalue weighted by molar-refractivity contribution is 6.31. The van der Waals surface area contributed by atoms with Gasteiger partial charge in [0.05, 0.1) is 17.7 Å². The van der Waals surface area contributed by atoms with Gasteiger partial charge in [-0.15, -0.1) is 0 Å². The van der Waals surface area contributed by atoms with Crippen molar-refractivity contribution in [1.82, 2.24) is 4.90 Å². The first-order valence-corrected chi connectivity index (χ1v) is 6.55. The predicted molar refractivity (Wildman–Crippen MR) is 76.5 cm³/mol. The van der Waals surface area contributed by atoms with E-state index in [0.29, 0.717) is 5.56 Å². The molecule has 0 saturated carbocycles. The zero-order chi connectivity index (χ0) is 15.1. The van der Waals surface area contributed by atoms with Crippen molar-refractivity contribution in [3.63, 3.8) is 0 Å². The van der Waals surface area contributed by atoms with Gasteiger partial charge < -0.3 is 5.73 Å². The van der Waals surface area contributed by atoms with E-state index in [9.17, 15) is 14.0 Å². The molecule has 6 heteroatoms. The van der Waals surface area contributed by atoms with Crippen molar-refractivity contribution in [2.75, 3.05) is 5.73 Å².